The summed E-state index contributed by atoms with van der Waals surface area (Å²) in [5, 5.41) is 3.37. The molecule has 2 aliphatic heterocycles. The summed E-state index contributed by atoms with van der Waals surface area (Å²) in [5.41, 5.74) is 1.94. The average molecular weight is 342 g/mol. The van der Waals surface area contributed by atoms with Crippen molar-refractivity contribution in [1.29, 1.82) is 0 Å². The van der Waals surface area contributed by atoms with Gasteiger partial charge in [-0.25, -0.2) is 8.78 Å². The van der Waals surface area contributed by atoms with Gasteiger partial charge in [0.15, 0.2) is 0 Å². The van der Waals surface area contributed by atoms with Crippen molar-refractivity contribution in [3.63, 3.8) is 0 Å². The van der Waals surface area contributed by atoms with Crippen molar-refractivity contribution in [3.05, 3.63) is 70.8 Å². The van der Waals surface area contributed by atoms with E-state index in [1.807, 2.05) is 13.0 Å². The van der Waals surface area contributed by atoms with E-state index in [1.54, 1.807) is 17.0 Å². The van der Waals surface area contributed by atoms with E-state index in [4.69, 9.17) is 0 Å². The van der Waals surface area contributed by atoms with E-state index in [0.717, 1.165) is 24.2 Å². The van der Waals surface area contributed by atoms with Crippen LogP contribution in [-0.4, -0.2) is 30.4 Å². The maximum atomic E-state index is 13.8. The van der Waals surface area contributed by atoms with Gasteiger partial charge < -0.3 is 10.2 Å². The zero-order chi connectivity index (χ0) is 17.6. The maximum absolute atomic E-state index is 13.8. The molecule has 1 amide bonds. The Labute approximate surface area is 145 Å². The Morgan fingerprint density at radius 1 is 1.12 bits per heavy atom. The van der Waals surface area contributed by atoms with Gasteiger partial charge in [0, 0.05) is 31.1 Å². The van der Waals surface area contributed by atoms with Crippen LogP contribution < -0.4 is 5.32 Å². The van der Waals surface area contributed by atoms with Crippen molar-refractivity contribution >= 4 is 5.91 Å². The Bertz CT molecular complexity index is 823. The van der Waals surface area contributed by atoms with Crippen molar-refractivity contribution in [3.8, 4) is 0 Å². The summed E-state index contributed by atoms with van der Waals surface area (Å²) in [6.45, 7) is 4.07. The molecule has 5 heteroatoms. The third kappa shape index (κ3) is 2.82. The molecule has 1 N–H and O–H groups in total. The van der Waals surface area contributed by atoms with Gasteiger partial charge in [0.05, 0.1) is 6.04 Å². The SMILES string of the molecule is Cc1ccc(F)cc1C(=O)N1C[C@@H]2CNC[C@@H]2[C@H]1c1cccc(F)c1. The van der Waals surface area contributed by atoms with Crippen LogP contribution in [-0.2, 0) is 0 Å². The number of nitrogens with zero attached hydrogens (tertiary/aromatic N) is 1. The van der Waals surface area contributed by atoms with Gasteiger partial charge in [0.25, 0.3) is 5.91 Å². The Kier molecular flexibility index (Phi) is 4.04. The molecule has 3 atom stereocenters. The lowest BCUT2D eigenvalue weighted by molar-refractivity contribution is 0.0712. The van der Waals surface area contributed by atoms with Crippen molar-refractivity contribution in [2.24, 2.45) is 11.8 Å². The first-order valence-corrected chi connectivity index (χ1v) is 8.58. The van der Waals surface area contributed by atoms with Gasteiger partial charge in [-0.1, -0.05) is 18.2 Å². The summed E-state index contributed by atoms with van der Waals surface area (Å²) in [7, 11) is 0. The van der Waals surface area contributed by atoms with Gasteiger partial charge >= 0.3 is 0 Å². The highest BCUT2D eigenvalue weighted by Crippen LogP contribution is 2.43. The van der Waals surface area contributed by atoms with Crippen molar-refractivity contribution in [2.45, 2.75) is 13.0 Å². The van der Waals surface area contributed by atoms with Crippen LogP contribution in [0.3, 0.4) is 0 Å². The van der Waals surface area contributed by atoms with E-state index < -0.39 is 5.82 Å². The van der Waals surface area contributed by atoms with E-state index in [9.17, 15) is 13.6 Å². The lowest BCUT2D eigenvalue weighted by atomic mass is 9.89. The number of likely N-dealkylation sites (tertiary alicyclic amines) is 1. The minimum atomic E-state index is -0.419. The van der Waals surface area contributed by atoms with E-state index >= 15 is 0 Å². The number of carbonyl (C=O) groups is 1. The van der Waals surface area contributed by atoms with Gasteiger partial charge in [0.1, 0.15) is 11.6 Å². The second-order valence-electron chi connectivity index (χ2n) is 7.00. The van der Waals surface area contributed by atoms with Crippen LogP contribution >= 0.6 is 0 Å². The monoisotopic (exact) mass is 342 g/mol. The number of fused-ring (bicyclic) bond motifs is 1. The van der Waals surface area contributed by atoms with Crippen LogP contribution in [0, 0.1) is 30.4 Å². The van der Waals surface area contributed by atoms with E-state index in [2.05, 4.69) is 5.32 Å². The Balaban J connectivity index is 1.74. The third-order valence-electron chi connectivity index (χ3n) is 5.45. The summed E-state index contributed by atoms with van der Waals surface area (Å²) in [6.07, 6.45) is 0. The number of nitrogens with one attached hydrogen (secondary N) is 1. The summed E-state index contributed by atoms with van der Waals surface area (Å²) >= 11 is 0. The number of hydrogen-bond acceptors (Lipinski definition) is 2. The van der Waals surface area contributed by atoms with Gasteiger partial charge in [-0.15, -0.1) is 0 Å². The van der Waals surface area contributed by atoms with Crippen molar-refractivity contribution < 1.29 is 13.6 Å². The summed E-state index contributed by atoms with van der Waals surface area (Å²) < 4.78 is 27.4. The van der Waals surface area contributed by atoms with Gasteiger partial charge in [-0.3, -0.25) is 4.79 Å². The Morgan fingerprint density at radius 2 is 1.92 bits per heavy atom. The lowest BCUT2D eigenvalue weighted by Crippen LogP contribution is -2.35. The third-order valence-corrected chi connectivity index (χ3v) is 5.45. The number of aryl methyl sites for hydroxylation is 1. The maximum Gasteiger partial charge on any atom is 0.254 e. The van der Waals surface area contributed by atoms with Crippen molar-refractivity contribution in [2.75, 3.05) is 19.6 Å². The molecular formula is C20H20F2N2O. The predicted molar refractivity (Wildman–Crippen MR) is 91.2 cm³/mol. The number of hydrogen-bond donors (Lipinski definition) is 1. The highest BCUT2D eigenvalue weighted by molar-refractivity contribution is 5.96. The zero-order valence-corrected chi connectivity index (χ0v) is 14.0. The molecule has 2 aliphatic rings. The number of carbonyl (C=O) groups excluding carboxylic acids is 1. The molecule has 2 heterocycles. The Morgan fingerprint density at radius 3 is 2.72 bits per heavy atom. The van der Waals surface area contributed by atoms with E-state index in [-0.39, 0.29) is 23.7 Å². The standard InChI is InChI=1S/C20H20F2N2O/c1-12-5-6-16(22)8-17(12)20(25)24-11-14-9-23-10-18(14)19(24)13-3-2-4-15(21)7-13/h2-8,14,18-19,23H,9-11H2,1H3/t14-,18-,19+/m0/s1. The topological polar surface area (TPSA) is 32.3 Å². The smallest absolute Gasteiger partial charge is 0.254 e. The fourth-order valence-electron chi connectivity index (χ4n) is 4.23. The minimum Gasteiger partial charge on any atom is -0.331 e. The van der Waals surface area contributed by atoms with Gasteiger partial charge in [0.2, 0.25) is 0 Å². The number of rotatable bonds is 2. The van der Waals surface area contributed by atoms with Crippen LogP contribution in [0.25, 0.3) is 0 Å². The highest BCUT2D eigenvalue weighted by Gasteiger charge is 2.47. The molecule has 0 radical (unpaired) electrons. The summed E-state index contributed by atoms with van der Waals surface area (Å²) in [4.78, 5) is 15.0. The van der Waals surface area contributed by atoms with E-state index in [0.29, 0.717) is 18.0 Å². The molecular weight excluding hydrogens is 322 g/mol. The first-order chi connectivity index (χ1) is 12.0. The molecule has 2 aromatic rings. The minimum absolute atomic E-state index is 0.180. The molecule has 130 valence electrons. The first kappa shape index (κ1) is 16.2. The fourth-order valence-corrected chi connectivity index (χ4v) is 4.23. The van der Waals surface area contributed by atoms with Crippen molar-refractivity contribution in [1.82, 2.24) is 10.2 Å². The molecule has 0 aliphatic carbocycles. The molecule has 3 nitrogen and oxygen atoms in total. The zero-order valence-electron chi connectivity index (χ0n) is 14.0. The molecule has 0 saturated carbocycles. The average Bonchev–Trinajstić information content (AvgIpc) is 3.17. The number of amides is 1. The van der Waals surface area contributed by atoms with Crippen LogP contribution in [0.15, 0.2) is 42.5 Å². The normalized spacial score (nSPS) is 25.2. The quantitative estimate of drug-likeness (QED) is 0.908. The molecule has 4 rings (SSSR count). The lowest BCUT2D eigenvalue weighted by Gasteiger charge is -2.29. The van der Waals surface area contributed by atoms with Gasteiger partial charge in [-0.2, -0.15) is 0 Å². The summed E-state index contributed by atoms with van der Waals surface area (Å²) in [6, 6.07) is 10.6. The Hall–Kier alpha value is -2.27. The van der Waals surface area contributed by atoms with Crippen LogP contribution in [0.2, 0.25) is 0 Å². The second-order valence-corrected chi connectivity index (χ2v) is 7.00. The molecule has 2 fully saturated rings. The molecule has 0 unspecified atom stereocenters. The van der Waals surface area contributed by atoms with Crippen LogP contribution in [0.5, 0.6) is 0 Å². The van der Waals surface area contributed by atoms with Crippen LogP contribution in [0.4, 0.5) is 8.78 Å². The second kappa shape index (κ2) is 6.23. The largest absolute Gasteiger partial charge is 0.331 e. The first-order valence-electron chi connectivity index (χ1n) is 8.58. The number of halogens is 2. The molecule has 0 aromatic heterocycles. The summed E-state index contributed by atoms with van der Waals surface area (Å²) in [5.74, 6) is -0.315. The highest BCUT2D eigenvalue weighted by atomic mass is 19.1. The molecule has 25 heavy (non-hydrogen) atoms. The molecule has 0 spiro atoms. The molecule has 2 saturated heterocycles. The van der Waals surface area contributed by atoms with E-state index in [1.165, 1.54) is 24.3 Å². The molecule has 2 aromatic carbocycles. The number of benzene rings is 2. The fraction of sp³-hybridized carbons (Fsp3) is 0.350. The predicted octanol–water partition coefficient (Wildman–Crippen LogP) is 3.31. The van der Waals surface area contributed by atoms with Crippen LogP contribution in [0.1, 0.15) is 27.5 Å². The molecule has 0 bridgehead atoms. The van der Waals surface area contributed by atoms with Gasteiger partial charge in [-0.05, 0) is 48.2 Å².